The summed E-state index contributed by atoms with van der Waals surface area (Å²) in [5, 5.41) is 0.852. The fourth-order valence-electron chi connectivity index (χ4n) is 3.31. The summed E-state index contributed by atoms with van der Waals surface area (Å²) in [4.78, 5) is 6.10. The van der Waals surface area contributed by atoms with Crippen molar-refractivity contribution in [3.63, 3.8) is 0 Å². The molecular weight excluding hydrogens is 372 g/mol. The molecule has 130 valence electrons. The molecule has 0 saturated carbocycles. The number of hydrogen-bond acceptors (Lipinski definition) is 4. The second-order valence-electron chi connectivity index (χ2n) is 6.38. The van der Waals surface area contributed by atoms with Gasteiger partial charge >= 0.3 is 0 Å². The van der Waals surface area contributed by atoms with Crippen LogP contribution in [0.3, 0.4) is 0 Å². The van der Waals surface area contributed by atoms with Gasteiger partial charge in [-0.2, -0.15) is 0 Å². The molecule has 0 radical (unpaired) electrons. The molecule has 1 saturated heterocycles. The van der Waals surface area contributed by atoms with Crippen molar-refractivity contribution < 1.29 is 8.42 Å². The fourth-order valence-corrected chi connectivity index (χ4v) is 5.44. The molecule has 1 atom stereocenters. The molecule has 0 bridgehead atoms. The summed E-state index contributed by atoms with van der Waals surface area (Å²) >= 11 is 7.63. The first-order valence-electron chi connectivity index (χ1n) is 8.02. The highest BCUT2D eigenvalue weighted by Crippen LogP contribution is 2.40. The predicted molar refractivity (Wildman–Crippen MR) is 106 cm³/mol. The summed E-state index contributed by atoms with van der Waals surface area (Å²) < 4.78 is 23.2. The van der Waals surface area contributed by atoms with Gasteiger partial charge < -0.3 is 9.80 Å². The molecule has 2 aliphatic rings. The highest BCUT2D eigenvalue weighted by atomic mass is 32.2. The summed E-state index contributed by atoms with van der Waals surface area (Å²) in [6, 6.07) is 15.9. The Hall–Kier alpha value is -1.57. The van der Waals surface area contributed by atoms with Crippen molar-refractivity contribution in [2.75, 3.05) is 23.5 Å². The number of para-hydroxylation sites is 1. The van der Waals surface area contributed by atoms with Crippen LogP contribution in [0.1, 0.15) is 5.56 Å². The molecule has 25 heavy (non-hydrogen) atoms. The van der Waals surface area contributed by atoms with Gasteiger partial charge in [-0.1, -0.05) is 24.3 Å². The number of fused-ring (bicyclic) bond motifs is 3. The average Bonchev–Trinajstić information content (AvgIpc) is 2.91. The second-order valence-corrected chi connectivity index (χ2v) is 9.82. The maximum Gasteiger partial charge on any atom is 0.176 e. The fraction of sp³-hybridized carbons (Fsp3) is 0.278. The molecule has 0 spiro atoms. The molecule has 0 aliphatic carbocycles. The van der Waals surface area contributed by atoms with Gasteiger partial charge in [-0.25, -0.2) is 8.42 Å². The van der Waals surface area contributed by atoms with Gasteiger partial charge in [-0.3, -0.25) is 0 Å². The van der Waals surface area contributed by atoms with Crippen LogP contribution in [0.25, 0.3) is 0 Å². The minimum atomic E-state index is -3.16. The van der Waals surface area contributed by atoms with Crippen molar-refractivity contribution in [2.45, 2.75) is 22.4 Å². The molecule has 0 N–H and O–H groups in total. The van der Waals surface area contributed by atoms with Crippen LogP contribution in [0.15, 0.2) is 58.3 Å². The summed E-state index contributed by atoms with van der Waals surface area (Å²) in [6.07, 6.45) is 1.23. The van der Waals surface area contributed by atoms with Crippen LogP contribution in [0.2, 0.25) is 0 Å². The predicted octanol–water partition coefficient (Wildman–Crippen LogP) is 3.17. The zero-order chi connectivity index (χ0) is 17.6. The number of sulfone groups is 1. The third-order valence-corrected chi connectivity index (χ3v) is 7.34. The number of nitrogens with zero attached hydrogens (tertiary/aromatic N) is 2. The molecule has 2 aromatic carbocycles. The van der Waals surface area contributed by atoms with Gasteiger partial charge in [0.15, 0.2) is 14.9 Å². The number of thioether (sulfide) groups is 1. The summed E-state index contributed by atoms with van der Waals surface area (Å²) in [7, 11) is -3.16. The minimum Gasteiger partial charge on any atom is -0.342 e. The topological polar surface area (TPSA) is 40.6 Å². The maximum absolute atomic E-state index is 11.6. The van der Waals surface area contributed by atoms with E-state index < -0.39 is 9.84 Å². The van der Waals surface area contributed by atoms with E-state index in [-0.39, 0.29) is 0 Å². The van der Waals surface area contributed by atoms with E-state index in [4.69, 9.17) is 12.2 Å². The number of anilines is 1. The Balaban J connectivity index is 1.55. The zero-order valence-electron chi connectivity index (χ0n) is 13.8. The van der Waals surface area contributed by atoms with Crippen LogP contribution in [-0.2, 0) is 16.4 Å². The Labute approximate surface area is 157 Å². The molecule has 4 nitrogen and oxygen atoms in total. The van der Waals surface area contributed by atoms with Crippen molar-refractivity contribution in [1.82, 2.24) is 4.90 Å². The van der Waals surface area contributed by atoms with E-state index in [1.165, 1.54) is 16.8 Å². The van der Waals surface area contributed by atoms with E-state index in [2.05, 4.69) is 34.1 Å². The summed E-state index contributed by atoms with van der Waals surface area (Å²) in [5.74, 6) is 1.03. The third-order valence-electron chi connectivity index (χ3n) is 4.55. The minimum absolute atomic E-state index is 0.350. The van der Waals surface area contributed by atoms with Crippen molar-refractivity contribution in [2.24, 2.45) is 0 Å². The molecule has 2 aliphatic heterocycles. The van der Waals surface area contributed by atoms with Crippen molar-refractivity contribution in [3.8, 4) is 0 Å². The Morgan fingerprint density at radius 1 is 1.16 bits per heavy atom. The lowest BCUT2D eigenvalue weighted by molar-refractivity contribution is 0.441. The molecule has 0 amide bonds. The van der Waals surface area contributed by atoms with E-state index >= 15 is 0 Å². The maximum atomic E-state index is 11.6. The SMILES string of the molecule is CS(=O)(=O)c1ccc(CN2CC3CSc4ccccc4N3C2=S)cc1. The van der Waals surface area contributed by atoms with Crippen molar-refractivity contribution in [1.29, 1.82) is 0 Å². The molecule has 2 aromatic rings. The summed E-state index contributed by atoms with van der Waals surface area (Å²) in [6.45, 7) is 1.59. The Morgan fingerprint density at radius 2 is 1.88 bits per heavy atom. The van der Waals surface area contributed by atoms with Gasteiger partial charge in [0.05, 0.1) is 16.6 Å². The van der Waals surface area contributed by atoms with Crippen LogP contribution >= 0.6 is 24.0 Å². The molecular formula is C18H18N2O2S3. The molecule has 1 unspecified atom stereocenters. The first-order valence-corrected chi connectivity index (χ1v) is 11.3. The zero-order valence-corrected chi connectivity index (χ0v) is 16.2. The van der Waals surface area contributed by atoms with E-state index in [9.17, 15) is 8.42 Å². The number of hydrogen-bond donors (Lipinski definition) is 0. The average molecular weight is 391 g/mol. The molecule has 1 fully saturated rings. The lowest BCUT2D eigenvalue weighted by Crippen LogP contribution is -2.38. The molecule has 7 heteroatoms. The Morgan fingerprint density at radius 3 is 2.60 bits per heavy atom. The first kappa shape index (κ1) is 16.9. The quantitative estimate of drug-likeness (QED) is 0.750. The highest BCUT2D eigenvalue weighted by molar-refractivity contribution is 7.99. The smallest absolute Gasteiger partial charge is 0.176 e. The largest absolute Gasteiger partial charge is 0.342 e. The van der Waals surface area contributed by atoms with E-state index in [1.54, 1.807) is 12.1 Å². The number of thiocarbonyl (C=S) groups is 1. The first-order chi connectivity index (χ1) is 11.9. The van der Waals surface area contributed by atoms with Crippen LogP contribution in [0.4, 0.5) is 5.69 Å². The van der Waals surface area contributed by atoms with Gasteiger partial charge in [-0.05, 0) is 42.0 Å². The Bertz CT molecular complexity index is 926. The summed E-state index contributed by atoms with van der Waals surface area (Å²) in [5.41, 5.74) is 2.26. The van der Waals surface area contributed by atoms with Crippen LogP contribution < -0.4 is 4.90 Å². The van der Waals surface area contributed by atoms with Gasteiger partial charge in [0.2, 0.25) is 0 Å². The van der Waals surface area contributed by atoms with Gasteiger partial charge in [0.25, 0.3) is 0 Å². The van der Waals surface area contributed by atoms with E-state index in [1.807, 2.05) is 23.9 Å². The Kier molecular flexibility index (Phi) is 4.25. The van der Waals surface area contributed by atoms with Crippen LogP contribution in [0, 0.1) is 0 Å². The van der Waals surface area contributed by atoms with Crippen LogP contribution in [0.5, 0.6) is 0 Å². The lowest BCUT2D eigenvalue weighted by atomic mass is 10.2. The molecule has 2 heterocycles. The van der Waals surface area contributed by atoms with Gasteiger partial charge in [0, 0.05) is 30.0 Å². The van der Waals surface area contributed by atoms with E-state index in [0.717, 1.165) is 23.0 Å². The molecule has 0 aromatic heterocycles. The lowest BCUT2D eigenvalue weighted by Gasteiger charge is -2.31. The van der Waals surface area contributed by atoms with Crippen molar-refractivity contribution >= 4 is 44.6 Å². The van der Waals surface area contributed by atoms with Gasteiger partial charge in [-0.15, -0.1) is 11.8 Å². The second kappa shape index (κ2) is 6.30. The van der Waals surface area contributed by atoms with Crippen LogP contribution in [-0.4, -0.2) is 43.0 Å². The normalized spacial score (nSPS) is 19.7. The highest BCUT2D eigenvalue weighted by Gasteiger charge is 2.38. The molecule has 4 rings (SSSR count). The number of benzene rings is 2. The monoisotopic (exact) mass is 390 g/mol. The third kappa shape index (κ3) is 3.16. The van der Waals surface area contributed by atoms with E-state index in [0.29, 0.717) is 17.5 Å². The van der Waals surface area contributed by atoms with Gasteiger partial charge in [0.1, 0.15) is 0 Å². The standard InChI is InChI=1S/C18H18N2O2S3/c1-25(21,22)15-8-6-13(7-9-15)10-19-11-14-12-24-17-5-3-2-4-16(17)20(14)18(19)23/h2-9,14H,10-12H2,1H3. The van der Waals surface area contributed by atoms with Crippen molar-refractivity contribution in [3.05, 3.63) is 54.1 Å². The number of rotatable bonds is 3.